The van der Waals surface area contributed by atoms with E-state index >= 15 is 0 Å². The quantitative estimate of drug-likeness (QED) is 0.730. The van der Waals surface area contributed by atoms with Gasteiger partial charge in [0.2, 0.25) is 5.91 Å². The maximum atomic E-state index is 12.5. The second-order valence-electron chi connectivity index (χ2n) is 6.38. The van der Waals surface area contributed by atoms with Crippen molar-refractivity contribution in [1.29, 1.82) is 0 Å². The molecular formula is C18H21N5O2. The molecule has 1 aliphatic heterocycles. The Bertz CT molecular complexity index is 872. The number of oxazole rings is 1. The number of carbonyl (C=O) groups excluding carboxylic acids is 1. The molecule has 0 aliphatic carbocycles. The Labute approximate surface area is 145 Å². The molecule has 130 valence electrons. The number of piperazine rings is 1. The molecule has 1 amide bonds. The van der Waals surface area contributed by atoms with Crippen molar-refractivity contribution in [3.8, 4) is 0 Å². The number of hydrogen-bond donors (Lipinski definition) is 0. The van der Waals surface area contributed by atoms with Gasteiger partial charge in [-0.05, 0) is 26.0 Å². The molecular weight excluding hydrogens is 318 g/mol. The summed E-state index contributed by atoms with van der Waals surface area (Å²) in [5.74, 6) is 0.123. The van der Waals surface area contributed by atoms with E-state index in [-0.39, 0.29) is 5.91 Å². The van der Waals surface area contributed by atoms with Crippen molar-refractivity contribution in [2.24, 2.45) is 0 Å². The Hall–Kier alpha value is -2.83. The highest BCUT2D eigenvalue weighted by Crippen LogP contribution is 2.22. The van der Waals surface area contributed by atoms with Crippen molar-refractivity contribution in [2.75, 3.05) is 31.1 Å². The highest BCUT2D eigenvalue weighted by molar-refractivity contribution is 5.77. The van der Waals surface area contributed by atoms with Crippen LogP contribution < -0.4 is 4.90 Å². The molecule has 1 aromatic carbocycles. The Kier molecular flexibility index (Phi) is 3.91. The van der Waals surface area contributed by atoms with Crippen LogP contribution in [-0.4, -0.2) is 51.5 Å². The highest BCUT2D eigenvalue weighted by Gasteiger charge is 2.24. The minimum atomic E-state index is 0.123. The van der Waals surface area contributed by atoms with Crippen LogP contribution in [0.1, 0.15) is 11.4 Å². The van der Waals surface area contributed by atoms with Gasteiger partial charge in [-0.3, -0.25) is 4.79 Å². The summed E-state index contributed by atoms with van der Waals surface area (Å²) >= 11 is 0. The van der Waals surface area contributed by atoms with Crippen molar-refractivity contribution in [3.05, 3.63) is 42.0 Å². The first kappa shape index (κ1) is 15.7. The van der Waals surface area contributed by atoms with Crippen LogP contribution in [0.2, 0.25) is 0 Å². The normalized spacial score (nSPS) is 15.1. The van der Waals surface area contributed by atoms with Crippen molar-refractivity contribution >= 4 is 23.0 Å². The molecule has 1 fully saturated rings. The molecule has 1 saturated heterocycles. The summed E-state index contributed by atoms with van der Waals surface area (Å²) in [6, 6.07) is 8.38. The highest BCUT2D eigenvalue weighted by atomic mass is 16.4. The Morgan fingerprint density at radius 2 is 1.92 bits per heavy atom. The van der Waals surface area contributed by atoms with Crippen LogP contribution >= 0.6 is 0 Å². The largest absolute Gasteiger partial charge is 0.423 e. The Morgan fingerprint density at radius 3 is 2.60 bits per heavy atom. The van der Waals surface area contributed by atoms with Crippen LogP contribution in [0.5, 0.6) is 0 Å². The number of nitrogens with zero attached hydrogens (tertiary/aromatic N) is 5. The van der Waals surface area contributed by atoms with Gasteiger partial charge < -0.3 is 18.8 Å². The number of aromatic nitrogens is 3. The molecule has 0 N–H and O–H groups in total. The smallest absolute Gasteiger partial charge is 0.298 e. The summed E-state index contributed by atoms with van der Waals surface area (Å²) < 4.78 is 7.72. The summed E-state index contributed by atoms with van der Waals surface area (Å²) in [5.41, 5.74) is 3.66. The van der Waals surface area contributed by atoms with Gasteiger partial charge in [0.05, 0.1) is 12.0 Å². The summed E-state index contributed by atoms with van der Waals surface area (Å²) in [5, 5.41) is 0. The van der Waals surface area contributed by atoms with Crippen LogP contribution in [0, 0.1) is 13.8 Å². The van der Waals surface area contributed by atoms with Gasteiger partial charge in [-0.25, -0.2) is 4.98 Å². The third kappa shape index (κ3) is 2.97. The molecule has 3 heterocycles. The van der Waals surface area contributed by atoms with Crippen molar-refractivity contribution in [1.82, 2.24) is 19.4 Å². The Morgan fingerprint density at radius 1 is 1.16 bits per heavy atom. The molecule has 7 heteroatoms. The van der Waals surface area contributed by atoms with Gasteiger partial charge in [0.1, 0.15) is 12.1 Å². The van der Waals surface area contributed by atoms with E-state index in [0.29, 0.717) is 25.6 Å². The number of anilines is 1. The van der Waals surface area contributed by atoms with Crippen molar-refractivity contribution in [2.45, 2.75) is 20.4 Å². The van der Waals surface area contributed by atoms with Gasteiger partial charge in [-0.1, -0.05) is 12.1 Å². The van der Waals surface area contributed by atoms with Crippen molar-refractivity contribution in [3.63, 3.8) is 0 Å². The predicted molar refractivity (Wildman–Crippen MR) is 94.5 cm³/mol. The van der Waals surface area contributed by atoms with E-state index in [1.807, 2.05) is 47.6 Å². The molecule has 2 aromatic heterocycles. The van der Waals surface area contributed by atoms with Gasteiger partial charge >= 0.3 is 0 Å². The maximum absolute atomic E-state index is 12.5. The number of carbonyl (C=O) groups is 1. The summed E-state index contributed by atoms with van der Waals surface area (Å²) in [4.78, 5) is 25.3. The van der Waals surface area contributed by atoms with Crippen LogP contribution in [-0.2, 0) is 11.3 Å². The predicted octanol–water partition coefficient (Wildman–Crippen LogP) is 1.99. The Balaban J connectivity index is 1.39. The zero-order valence-corrected chi connectivity index (χ0v) is 14.5. The topological polar surface area (TPSA) is 67.4 Å². The lowest BCUT2D eigenvalue weighted by molar-refractivity contribution is -0.132. The number of amides is 1. The number of fused-ring (bicyclic) bond motifs is 1. The number of para-hydroxylation sites is 2. The molecule has 0 atom stereocenters. The third-order valence-electron chi connectivity index (χ3n) is 4.84. The monoisotopic (exact) mass is 339 g/mol. The average Bonchev–Trinajstić information content (AvgIpc) is 3.20. The van der Waals surface area contributed by atoms with Gasteiger partial charge in [-0.15, -0.1) is 0 Å². The van der Waals surface area contributed by atoms with E-state index in [9.17, 15) is 4.79 Å². The van der Waals surface area contributed by atoms with E-state index < -0.39 is 0 Å². The molecule has 3 aromatic rings. The number of benzene rings is 1. The first-order chi connectivity index (χ1) is 12.1. The summed E-state index contributed by atoms with van der Waals surface area (Å²) in [6.45, 7) is 7.07. The third-order valence-corrected chi connectivity index (χ3v) is 4.84. The molecule has 4 rings (SSSR count). The molecule has 0 unspecified atom stereocenters. The number of imidazole rings is 1. The van der Waals surface area contributed by atoms with Gasteiger partial charge in [0, 0.05) is 31.9 Å². The van der Waals surface area contributed by atoms with E-state index in [0.717, 1.165) is 35.6 Å². The zero-order chi connectivity index (χ0) is 17.4. The van der Waals surface area contributed by atoms with Gasteiger partial charge in [-0.2, -0.15) is 4.98 Å². The number of hydrogen-bond acceptors (Lipinski definition) is 5. The molecule has 1 aliphatic rings. The standard InChI is InChI=1S/C18H21N5O2/c1-13-14(2)23(12-19-13)11-17(24)21-7-9-22(10-8-21)18-20-15-5-3-4-6-16(15)25-18/h3-6,12H,7-11H2,1-2H3. The first-order valence-corrected chi connectivity index (χ1v) is 8.48. The SMILES string of the molecule is Cc1ncn(CC(=O)N2CCN(c3nc4ccccc4o3)CC2)c1C. The lowest BCUT2D eigenvalue weighted by Crippen LogP contribution is -2.49. The molecule has 25 heavy (non-hydrogen) atoms. The van der Waals surface area contributed by atoms with E-state index in [1.165, 1.54) is 0 Å². The van der Waals surface area contributed by atoms with E-state index in [2.05, 4.69) is 14.9 Å². The lowest BCUT2D eigenvalue weighted by Gasteiger charge is -2.34. The molecule has 0 bridgehead atoms. The van der Waals surface area contributed by atoms with Gasteiger partial charge in [0.25, 0.3) is 6.01 Å². The van der Waals surface area contributed by atoms with Crippen molar-refractivity contribution < 1.29 is 9.21 Å². The zero-order valence-electron chi connectivity index (χ0n) is 14.5. The lowest BCUT2D eigenvalue weighted by atomic mass is 10.3. The molecule has 0 saturated carbocycles. The average molecular weight is 339 g/mol. The van der Waals surface area contributed by atoms with Crippen LogP contribution in [0.15, 0.2) is 35.0 Å². The second-order valence-corrected chi connectivity index (χ2v) is 6.38. The van der Waals surface area contributed by atoms with E-state index in [1.54, 1.807) is 6.33 Å². The molecule has 7 nitrogen and oxygen atoms in total. The van der Waals surface area contributed by atoms with Gasteiger partial charge in [0.15, 0.2) is 5.58 Å². The van der Waals surface area contributed by atoms with Crippen LogP contribution in [0.3, 0.4) is 0 Å². The fraction of sp³-hybridized carbons (Fsp3) is 0.389. The maximum Gasteiger partial charge on any atom is 0.298 e. The second kappa shape index (κ2) is 6.23. The van der Waals surface area contributed by atoms with Crippen LogP contribution in [0.25, 0.3) is 11.1 Å². The fourth-order valence-corrected chi connectivity index (χ4v) is 3.09. The first-order valence-electron chi connectivity index (χ1n) is 8.48. The summed E-state index contributed by atoms with van der Waals surface area (Å²) in [7, 11) is 0. The molecule has 0 spiro atoms. The number of rotatable bonds is 3. The molecule has 0 radical (unpaired) electrons. The van der Waals surface area contributed by atoms with Crippen LogP contribution in [0.4, 0.5) is 6.01 Å². The minimum Gasteiger partial charge on any atom is -0.423 e. The minimum absolute atomic E-state index is 0.123. The summed E-state index contributed by atoms with van der Waals surface area (Å²) in [6.07, 6.45) is 1.73. The fourth-order valence-electron chi connectivity index (χ4n) is 3.09. The van der Waals surface area contributed by atoms with E-state index in [4.69, 9.17) is 4.42 Å². The number of aryl methyl sites for hydroxylation is 1.